The number of anilines is 2. The molecule has 1 fully saturated rings. The average Bonchev–Trinajstić information content (AvgIpc) is 3.61. The molecule has 1 aliphatic heterocycles. The van der Waals surface area contributed by atoms with Crippen molar-refractivity contribution in [3.05, 3.63) is 79.8 Å². The number of fused-ring (bicyclic) bond motifs is 3. The molecule has 0 atom stereocenters. The van der Waals surface area contributed by atoms with Crippen LogP contribution in [0.1, 0.15) is 36.6 Å². The fourth-order valence-electron chi connectivity index (χ4n) is 5.04. The van der Waals surface area contributed by atoms with Crippen LogP contribution >= 0.6 is 23.2 Å². The first-order chi connectivity index (χ1) is 17.3. The van der Waals surface area contributed by atoms with Gasteiger partial charge in [0.25, 0.3) is 5.56 Å². The predicted octanol–water partition coefficient (Wildman–Crippen LogP) is 4.93. The zero-order valence-electron chi connectivity index (χ0n) is 19.7. The van der Waals surface area contributed by atoms with Crippen molar-refractivity contribution in [2.24, 2.45) is 0 Å². The van der Waals surface area contributed by atoms with Crippen LogP contribution in [0.2, 0.25) is 10.0 Å². The van der Waals surface area contributed by atoms with Crippen molar-refractivity contribution in [2.75, 3.05) is 11.9 Å². The van der Waals surface area contributed by atoms with Crippen molar-refractivity contribution in [1.29, 1.82) is 0 Å². The summed E-state index contributed by atoms with van der Waals surface area (Å²) in [6.07, 6.45) is 3.69. The third-order valence-corrected chi connectivity index (χ3v) is 7.65. The van der Waals surface area contributed by atoms with E-state index >= 15 is 0 Å². The minimum atomic E-state index is -0.412. The van der Waals surface area contributed by atoms with Gasteiger partial charge in [0.2, 0.25) is 11.9 Å². The number of nitrogens with zero attached hydrogens (tertiary/aromatic N) is 5. The fourth-order valence-corrected chi connectivity index (χ4v) is 5.59. The van der Waals surface area contributed by atoms with E-state index in [9.17, 15) is 9.59 Å². The smallest absolute Gasteiger partial charge is 0.282 e. The van der Waals surface area contributed by atoms with Gasteiger partial charge in [0.15, 0.2) is 0 Å². The number of carbonyl (C=O) groups is 1. The molecule has 2 aromatic carbocycles. The van der Waals surface area contributed by atoms with Crippen LogP contribution in [-0.2, 0) is 16.8 Å². The molecule has 0 saturated heterocycles. The third-order valence-electron chi connectivity index (χ3n) is 7.04. The number of nitrogens with one attached hydrogen (secondary N) is 1. The number of aromatic nitrogens is 4. The number of aryl methyl sites for hydroxylation is 1. The molecule has 1 saturated carbocycles. The number of hydrogen-bond donors (Lipinski definition) is 1. The first-order valence-corrected chi connectivity index (χ1v) is 12.4. The summed E-state index contributed by atoms with van der Waals surface area (Å²) in [4.78, 5) is 36.2. The summed E-state index contributed by atoms with van der Waals surface area (Å²) in [5, 5.41) is 8.62. The Morgan fingerprint density at radius 1 is 1.14 bits per heavy atom. The van der Waals surface area contributed by atoms with Gasteiger partial charge in [-0.25, -0.2) is 9.97 Å². The van der Waals surface area contributed by atoms with Crippen molar-refractivity contribution in [3.8, 4) is 5.69 Å². The van der Waals surface area contributed by atoms with Crippen molar-refractivity contribution in [1.82, 2.24) is 24.6 Å². The molecule has 0 bridgehead atoms. The van der Waals surface area contributed by atoms with Gasteiger partial charge in [-0.15, -0.1) is 0 Å². The second kappa shape index (κ2) is 8.28. The Morgan fingerprint density at radius 2 is 1.89 bits per heavy atom. The van der Waals surface area contributed by atoms with Crippen LogP contribution in [0.5, 0.6) is 0 Å². The maximum Gasteiger partial charge on any atom is 0.282 e. The van der Waals surface area contributed by atoms with E-state index in [1.165, 1.54) is 16.4 Å². The van der Waals surface area contributed by atoms with Gasteiger partial charge < -0.3 is 10.2 Å². The van der Waals surface area contributed by atoms with E-state index in [1.807, 2.05) is 11.0 Å². The van der Waals surface area contributed by atoms with Crippen molar-refractivity contribution < 1.29 is 4.79 Å². The number of hydrogen-bond acceptors (Lipinski definition) is 6. The van der Waals surface area contributed by atoms with E-state index in [2.05, 4.69) is 32.5 Å². The quantitative estimate of drug-likeness (QED) is 0.411. The lowest BCUT2D eigenvalue weighted by atomic mass is 9.86. The van der Waals surface area contributed by atoms with Crippen LogP contribution in [0.4, 0.5) is 11.6 Å². The van der Waals surface area contributed by atoms with Crippen molar-refractivity contribution in [3.63, 3.8) is 0 Å². The van der Waals surface area contributed by atoms with Gasteiger partial charge in [-0.1, -0.05) is 35.3 Å². The molecule has 0 unspecified atom stereocenters. The van der Waals surface area contributed by atoms with E-state index in [0.717, 1.165) is 30.6 Å². The Kier molecular flexibility index (Phi) is 5.28. The molecule has 1 N–H and O–H groups in total. The Balaban J connectivity index is 1.36. The fraction of sp³-hybridized carbons (Fsp3) is 0.269. The maximum atomic E-state index is 13.2. The molecule has 4 aromatic rings. The molecular weight excluding hydrogens is 499 g/mol. The zero-order valence-corrected chi connectivity index (χ0v) is 21.2. The molecule has 10 heteroatoms. The van der Waals surface area contributed by atoms with E-state index < -0.39 is 5.56 Å². The maximum absolute atomic E-state index is 13.2. The Bertz CT molecular complexity index is 1610. The average molecular weight is 521 g/mol. The van der Waals surface area contributed by atoms with E-state index in [0.29, 0.717) is 44.8 Å². The number of para-hydroxylation sites is 1. The van der Waals surface area contributed by atoms with Crippen LogP contribution in [0, 0.1) is 6.92 Å². The number of rotatable bonds is 3. The van der Waals surface area contributed by atoms with Crippen LogP contribution < -0.4 is 10.9 Å². The van der Waals surface area contributed by atoms with Crippen LogP contribution in [0.3, 0.4) is 0 Å². The molecule has 2 aromatic heterocycles. The first kappa shape index (κ1) is 22.9. The van der Waals surface area contributed by atoms with Crippen molar-refractivity contribution in [2.45, 2.75) is 38.6 Å². The molecule has 0 radical (unpaired) electrons. The topological polar surface area (TPSA) is 93.0 Å². The van der Waals surface area contributed by atoms with E-state index in [1.54, 1.807) is 32.0 Å². The summed E-state index contributed by atoms with van der Waals surface area (Å²) in [5.74, 6) is 0.440. The molecule has 6 rings (SSSR count). The van der Waals surface area contributed by atoms with Gasteiger partial charge in [-0.05, 0) is 55.2 Å². The lowest BCUT2D eigenvalue weighted by Gasteiger charge is -2.34. The van der Waals surface area contributed by atoms with Gasteiger partial charge >= 0.3 is 0 Å². The number of carbonyl (C=O) groups excluding carboxylic acids is 1. The second-order valence-corrected chi connectivity index (χ2v) is 10.3. The SMILES string of the molecule is CC(=O)N1Cc2cc(Nc3ncc4c(=O)n(-c5c(Cl)cccc5Cl)nc(C)c4n3)ccc2C2(CC2)C1. The Hall–Kier alpha value is -3.49. The van der Waals surface area contributed by atoms with Gasteiger partial charge in [0, 0.05) is 37.3 Å². The van der Waals surface area contributed by atoms with E-state index in [4.69, 9.17) is 23.2 Å². The minimum Gasteiger partial charge on any atom is -0.338 e. The Morgan fingerprint density at radius 3 is 2.58 bits per heavy atom. The van der Waals surface area contributed by atoms with Gasteiger partial charge in [0.1, 0.15) is 11.2 Å². The molecule has 3 heterocycles. The predicted molar refractivity (Wildman–Crippen MR) is 139 cm³/mol. The lowest BCUT2D eigenvalue weighted by molar-refractivity contribution is -0.130. The molecule has 1 aliphatic carbocycles. The van der Waals surface area contributed by atoms with Gasteiger partial charge in [-0.3, -0.25) is 9.59 Å². The van der Waals surface area contributed by atoms with Crippen LogP contribution in [0.25, 0.3) is 16.6 Å². The zero-order chi connectivity index (χ0) is 25.2. The number of benzene rings is 2. The summed E-state index contributed by atoms with van der Waals surface area (Å²) in [5.41, 5.74) is 4.26. The van der Waals surface area contributed by atoms with Gasteiger partial charge in [0.05, 0.1) is 21.1 Å². The summed E-state index contributed by atoms with van der Waals surface area (Å²) in [7, 11) is 0. The monoisotopic (exact) mass is 520 g/mol. The lowest BCUT2D eigenvalue weighted by Crippen LogP contribution is -2.40. The second-order valence-electron chi connectivity index (χ2n) is 9.48. The minimum absolute atomic E-state index is 0.0925. The molecule has 36 heavy (non-hydrogen) atoms. The highest BCUT2D eigenvalue weighted by atomic mass is 35.5. The van der Waals surface area contributed by atoms with Crippen molar-refractivity contribution >= 4 is 51.6 Å². The highest BCUT2D eigenvalue weighted by Crippen LogP contribution is 2.52. The largest absolute Gasteiger partial charge is 0.338 e. The Labute approximate surface area is 216 Å². The molecule has 1 spiro atoms. The molecule has 8 nitrogen and oxygen atoms in total. The van der Waals surface area contributed by atoms with Crippen LogP contribution in [-0.4, -0.2) is 37.1 Å². The highest BCUT2D eigenvalue weighted by molar-refractivity contribution is 6.37. The highest BCUT2D eigenvalue weighted by Gasteiger charge is 2.49. The van der Waals surface area contributed by atoms with E-state index in [-0.39, 0.29) is 11.3 Å². The molecule has 2 aliphatic rings. The normalized spacial score (nSPS) is 15.7. The molecular formula is C26H22Cl2N6O2. The summed E-state index contributed by atoms with van der Waals surface area (Å²) < 4.78 is 1.19. The van der Waals surface area contributed by atoms with Gasteiger partial charge in [-0.2, -0.15) is 9.78 Å². The summed E-state index contributed by atoms with van der Waals surface area (Å²) >= 11 is 12.6. The first-order valence-electron chi connectivity index (χ1n) is 11.6. The van der Waals surface area contributed by atoms with Crippen LogP contribution in [0.15, 0.2) is 47.4 Å². The third kappa shape index (κ3) is 3.72. The molecule has 1 amide bonds. The number of halogens is 2. The number of amides is 1. The summed E-state index contributed by atoms with van der Waals surface area (Å²) in [6.45, 7) is 4.77. The molecule has 182 valence electrons. The standard InChI is InChI=1S/C26H22Cl2N6O2/c1-14-22-18(24(36)34(32-14)23-20(27)4-3-5-21(23)28)11-29-25(31-22)30-17-6-7-19-16(10-17)12-33(15(2)35)13-26(19)8-9-26/h3-7,10-11H,8-9,12-13H2,1-2H3,(H,29,30,31). The summed E-state index contributed by atoms with van der Waals surface area (Å²) in [6, 6.07) is 11.2.